The van der Waals surface area contributed by atoms with Crippen molar-refractivity contribution in [3.63, 3.8) is 0 Å². The molecule has 1 saturated carbocycles. The van der Waals surface area contributed by atoms with Crippen LogP contribution in [0.5, 0.6) is 0 Å². The van der Waals surface area contributed by atoms with Gasteiger partial charge in [-0.15, -0.1) is 5.10 Å². The van der Waals surface area contributed by atoms with E-state index in [0.717, 1.165) is 16.8 Å². The Morgan fingerprint density at radius 1 is 1.05 bits per heavy atom. The first kappa shape index (κ1) is 31.4. The largest absolute Gasteiger partial charge is 0.395 e. The van der Waals surface area contributed by atoms with Gasteiger partial charge in [0.2, 0.25) is 5.92 Å². The summed E-state index contributed by atoms with van der Waals surface area (Å²) >= 11 is 12.8. The second-order valence-electron chi connectivity index (χ2n) is 10.8. The lowest BCUT2D eigenvalue weighted by Crippen LogP contribution is -2.53. The Morgan fingerprint density at radius 3 is 2.31 bits per heavy atom. The highest BCUT2D eigenvalue weighted by Crippen LogP contribution is 2.62. The molecular weight excluding hydrogens is 628 g/mol. The summed E-state index contributed by atoms with van der Waals surface area (Å²) in [6.07, 6.45) is -3.31. The van der Waals surface area contributed by atoms with E-state index in [1.165, 1.54) is 12.3 Å². The number of halogens is 7. The molecule has 7 nitrogen and oxygen atoms in total. The average Bonchev–Trinajstić information content (AvgIpc) is 3.41. The molecule has 1 aromatic heterocycles. The SMILES string of the molecule is OC[C@@H]1[C@H](O)[C@@H](n2cc(-c3cc(F)c(F)c(F)c3)nn2)[C@@H](O)C[SH]1[C@@H](c1cccc(Cl)c1Cl)C1(O)CCC(F)(F)CC1. The fraction of sp³-hybridized carbons (Fsp3) is 0.481. The molecule has 0 bridgehead atoms. The predicted molar refractivity (Wildman–Crippen MR) is 149 cm³/mol. The summed E-state index contributed by atoms with van der Waals surface area (Å²) in [7, 11) is -1.74. The van der Waals surface area contributed by atoms with Crippen LogP contribution in [0.4, 0.5) is 22.0 Å². The van der Waals surface area contributed by atoms with Crippen LogP contribution >= 0.6 is 34.1 Å². The van der Waals surface area contributed by atoms with Crippen LogP contribution in [0.2, 0.25) is 10.0 Å². The van der Waals surface area contributed by atoms with Crippen LogP contribution in [-0.4, -0.2) is 76.8 Å². The maximum absolute atomic E-state index is 14.1. The van der Waals surface area contributed by atoms with E-state index in [1.807, 2.05) is 0 Å². The number of aliphatic hydroxyl groups is 4. The minimum atomic E-state index is -2.96. The maximum atomic E-state index is 14.1. The van der Waals surface area contributed by atoms with Crippen LogP contribution in [0, 0.1) is 17.5 Å². The molecule has 0 amide bonds. The minimum absolute atomic E-state index is 0.0660. The molecule has 1 aliphatic carbocycles. The van der Waals surface area contributed by atoms with E-state index < -0.39 is 88.1 Å². The molecule has 0 spiro atoms. The van der Waals surface area contributed by atoms with Crippen molar-refractivity contribution >= 4 is 34.1 Å². The van der Waals surface area contributed by atoms with Crippen molar-refractivity contribution < 1.29 is 42.4 Å². The molecular formula is C27H28Cl2F5N3O4S. The highest BCUT2D eigenvalue weighted by atomic mass is 35.5. The Balaban J connectivity index is 1.51. The van der Waals surface area contributed by atoms with Crippen molar-refractivity contribution in [2.24, 2.45) is 0 Å². The van der Waals surface area contributed by atoms with Crippen molar-refractivity contribution in [3.05, 3.63) is 69.6 Å². The summed E-state index contributed by atoms with van der Waals surface area (Å²) in [4.78, 5) is 0. The van der Waals surface area contributed by atoms with Gasteiger partial charge in [-0.25, -0.2) is 37.5 Å². The summed E-state index contributed by atoms with van der Waals surface area (Å²) in [5.41, 5.74) is -1.53. The van der Waals surface area contributed by atoms with Gasteiger partial charge in [0, 0.05) is 34.7 Å². The third-order valence-corrected chi connectivity index (χ3v) is 12.6. The maximum Gasteiger partial charge on any atom is 0.248 e. The lowest BCUT2D eigenvalue weighted by molar-refractivity contribution is -0.104. The Kier molecular flexibility index (Phi) is 8.85. The van der Waals surface area contributed by atoms with Gasteiger partial charge in [0.05, 0.1) is 40.7 Å². The molecule has 2 aromatic carbocycles. The second kappa shape index (κ2) is 11.8. The zero-order chi connectivity index (χ0) is 30.6. The van der Waals surface area contributed by atoms with E-state index >= 15 is 0 Å². The molecule has 2 aliphatic rings. The molecule has 4 N–H and O–H groups in total. The molecule has 1 unspecified atom stereocenters. The number of benzene rings is 2. The number of hydrogen-bond donors (Lipinski definition) is 5. The zero-order valence-corrected chi connectivity index (χ0v) is 24.2. The number of rotatable bonds is 6. The molecule has 2 heterocycles. The van der Waals surface area contributed by atoms with Crippen LogP contribution in [-0.2, 0) is 0 Å². The van der Waals surface area contributed by atoms with Crippen LogP contribution in [0.3, 0.4) is 0 Å². The van der Waals surface area contributed by atoms with Crippen molar-refractivity contribution in [2.75, 3.05) is 12.4 Å². The molecule has 0 radical (unpaired) electrons. The van der Waals surface area contributed by atoms with Crippen molar-refractivity contribution in [3.8, 4) is 11.3 Å². The van der Waals surface area contributed by atoms with E-state index in [2.05, 4.69) is 10.3 Å². The quantitative estimate of drug-likeness (QED) is 0.145. The van der Waals surface area contributed by atoms with Crippen LogP contribution in [0.1, 0.15) is 42.5 Å². The molecule has 3 aromatic rings. The topological polar surface area (TPSA) is 112 Å². The standard InChI is InChI=1S/C27H28Cl2F5N3O4S/c28-15-3-1-2-14(21(15)29)25(26(41)4-6-27(33,34)7-5-26)42-12-19(39)23(24(40)20(42)11-38)37-10-18(35-36-37)13-8-16(30)22(32)17(31)9-13/h1-3,8-10,19-20,23-25,38-42H,4-7,11-12H2/t19-,20+,23-,24-,25-/m0/s1. The summed E-state index contributed by atoms with van der Waals surface area (Å²) < 4.78 is 70.4. The third kappa shape index (κ3) is 5.76. The molecule has 42 heavy (non-hydrogen) atoms. The highest BCUT2D eigenvalue weighted by molar-refractivity contribution is 8.18. The Bertz CT molecular complexity index is 1430. The first-order chi connectivity index (χ1) is 19.8. The molecule has 230 valence electrons. The fourth-order valence-electron chi connectivity index (χ4n) is 6.04. The van der Waals surface area contributed by atoms with E-state index in [-0.39, 0.29) is 39.9 Å². The summed E-state index contributed by atoms with van der Waals surface area (Å²) in [5.74, 6) is -7.55. The van der Waals surface area contributed by atoms with Gasteiger partial charge >= 0.3 is 0 Å². The smallest absolute Gasteiger partial charge is 0.248 e. The van der Waals surface area contributed by atoms with Gasteiger partial charge in [0.1, 0.15) is 11.7 Å². The first-order valence-electron chi connectivity index (χ1n) is 13.1. The van der Waals surface area contributed by atoms with Gasteiger partial charge in [0.25, 0.3) is 0 Å². The van der Waals surface area contributed by atoms with Gasteiger partial charge in [-0.05, 0) is 36.6 Å². The summed E-state index contributed by atoms with van der Waals surface area (Å²) in [5, 5.41) is 51.3. The first-order valence-corrected chi connectivity index (χ1v) is 15.5. The van der Waals surface area contributed by atoms with Crippen molar-refractivity contribution in [2.45, 2.75) is 66.0 Å². The lowest BCUT2D eigenvalue weighted by atomic mass is 9.78. The summed E-state index contributed by atoms with van der Waals surface area (Å²) in [6, 6.07) is 5.00. The molecule has 2 fully saturated rings. The number of alkyl halides is 2. The number of aliphatic hydroxyl groups excluding tert-OH is 3. The van der Waals surface area contributed by atoms with Crippen LogP contribution in [0.15, 0.2) is 36.5 Å². The molecule has 1 aliphatic heterocycles. The van der Waals surface area contributed by atoms with Crippen LogP contribution in [0.25, 0.3) is 11.3 Å². The van der Waals surface area contributed by atoms with E-state index in [9.17, 15) is 42.4 Å². The number of aromatic nitrogens is 3. The van der Waals surface area contributed by atoms with E-state index in [0.29, 0.717) is 5.56 Å². The van der Waals surface area contributed by atoms with Gasteiger partial charge in [-0.2, -0.15) is 0 Å². The Morgan fingerprint density at radius 2 is 1.69 bits per heavy atom. The molecule has 1 saturated heterocycles. The fourth-order valence-corrected chi connectivity index (χ4v) is 10.3. The predicted octanol–water partition coefficient (Wildman–Crippen LogP) is 4.99. The number of nitrogens with zero attached hydrogens (tertiary/aromatic N) is 3. The monoisotopic (exact) mass is 655 g/mol. The average molecular weight is 657 g/mol. The molecule has 5 rings (SSSR count). The summed E-state index contributed by atoms with van der Waals surface area (Å²) in [6.45, 7) is -0.590. The third-order valence-electron chi connectivity index (χ3n) is 8.21. The zero-order valence-electron chi connectivity index (χ0n) is 21.8. The number of hydrogen-bond acceptors (Lipinski definition) is 6. The van der Waals surface area contributed by atoms with Crippen LogP contribution < -0.4 is 0 Å². The van der Waals surface area contributed by atoms with Crippen molar-refractivity contribution in [1.82, 2.24) is 15.0 Å². The number of thiol groups is 1. The van der Waals surface area contributed by atoms with Gasteiger partial charge < -0.3 is 20.4 Å². The normalized spacial score (nSPS) is 28.9. The van der Waals surface area contributed by atoms with Crippen molar-refractivity contribution in [1.29, 1.82) is 0 Å². The van der Waals surface area contributed by atoms with E-state index in [4.69, 9.17) is 23.2 Å². The van der Waals surface area contributed by atoms with Gasteiger partial charge in [-0.1, -0.05) is 40.5 Å². The molecule has 15 heteroatoms. The lowest BCUT2D eigenvalue weighted by Gasteiger charge is -2.53. The highest BCUT2D eigenvalue weighted by Gasteiger charge is 2.54. The van der Waals surface area contributed by atoms with Gasteiger partial charge in [0.15, 0.2) is 17.5 Å². The van der Waals surface area contributed by atoms with E-state index in [1.54, 1.807) is 12.1 Å². The molecule has 6 atom stereocenters. The van der Waals surface area contributed by atoms with Gasteiger partial charge in [-0.3, -0.25) is 0 Å². The Hall–Kier alpha value is -2.00. The Labute approximate surface area is 250 Å². The second-order valence-corrected chi connectivity index (χ2v) is 14.2. The minimum Gasteiger partial charge on any atom is -0.395 e.